The average molecular weight is 381 g/mol. The molecule has 144 valence electrons. The zero-order valence-electron chi connectivity index (χ0n) is 15.5. The lowest BCUT2D eigenvalue weighted by atomic mass is 10.1. The average Bonchev–Trinajstić information content (AvgIpc) is 3.37. The van der Waals surface area contributed by atoms with Crippen LogP contribution in [0.5, 0.6) is 5.75 Å². The molecular weight excluding hydrogens is 362 g/mol. The summed E-state index contributed by atoms with van der Waals surface area (Å²) in [6, 6.07) is 10.7. The van der Waals surface area contributed by atoms with Crippen LogP contribution in [-0.4, -0.2) is 52.4 Å². The number of rotatable bonds is 5. The second kappa shape index (κ2) is 7.18. The zero-order valence-corrected chi connectivity index (χ0v) is 15.5. The molecule has 0 bridgehead atoms. The minimum atomic E-state index is -0.369. The van der Waals surface area contributed by atoms with Crippen LogP contribution in [0.3, 0.4) is 0 Å². The molecule has 1 aliphatic heterocycles. The highest BCUT2D eigenvalue weighted by Crippen LogP contribution is 2.23. The van der Waals surface area contributed by atoms with Gasteiger partial charge in [0, 0.05) is 31.3 Å². The van der Waals surface area contributed by atoms with Gasteiger partial charge in [-0.25, -0.2) is 0 Å². The first kappa shape index (κ1) is 17.8. The number of hydrogen-bond donors (Lipinski definition) is 1. The summed E-state index contributed by atoms with van der Waals surface area (Å²) in [5, 5.41) is 11.0. The normalized spacial score (nSPS) is 13.4. The van der Waals surface area contributed by atoms with Gasteiger partial charge in [0.2, 0.25) is 0 Å². The molecule has 3 heterocycles. The SMILES string of the molecule is COc1ccc(-c2cc(CNC(=O)c3cc4n(n3)CCN(C)C4=O)no2)cc1. The number of aromatic nitrogens is 3. The van der Waals surface area contributed by atoms with Gasteiger partial charge in [0.25, 0.3) is 11.8 Å². The van der Waals surface area contributed by atoms with Crippen molar-refractivity contribution in [3.05, 3.63) is 53.5 Å². The van der Waals surface area contributed by atoms with Crippen LogP contribution in [0.2, 0.25) is 0 Å². The predicted molar refractivity (Wildman–Crippen MR) is 98.8 cm³/mol. The van der Waals surface area contributed by atoms with Gasteiger partial charge >= 0.3 is 0 Å². The number of carbonyl (C=O) groups is 2. The van der Waals surface area contributed by atoms with Crippen molar-refractivity contribution in [3.8, 4) is 17.1 Å². The zero-order chi connectivity index (χ0) is 19.7. The molecule has 9 heteroatoms. The van der Waals surface area contributed by atoms with Crippen molar-refractivity contribution in [2.75, 3.05) is 20.7 Å². The summed E-state index contributed by atoms with van der Waals surface area (Å²) < 4.78 is 12.0. The molecule has 0 saturated carbocycles. The van der Waals surface area contributed by atoms with E-state index in [0.717, 1.165) is 11.3 Å². The van der Waals surface area contributed by atoms with Crippen LogP contribution >= 0.6 is 0 Å². The van der Waals surface area contributed by atoms with Crippen molar-refractivity contribution in [2.24, 2.45) is 0 Å². The van der Waals surface area contributed by atoms with Crippen LogP contribution < -0.4 is 10.1 Å². The molecule has 2 amide bonds. The van der Waals surface area contributed by atoms with Gasteiger partial charge in [0.1, 0.15) is 17.1 Å². The molecule has 0 radical (unpaired) electrons. The van der Waals surface area contributed by atoms with Crippen LogP contribution in [0.25, 0.3) is 11.3 Å². The second-order valence-electron chi connectivity index (χ2n) is 6.46. The summed E-state index contributed by atoms with van der Waals surface area (Å²) in [5.74, 6) is 0.839. The van der Waals surface area contributed by atoms with Gasteiger partial charge in [-0.15, -0.1) is 0 Å². The molecule has 1 aromatic carbocycles. The Morgan fingerprint density at radius 2 is 2.04 bits per heavy atom. The maximum atomic E-state index is 12.4. The Balaban J connectivity index is 1.41. The fraction of sp³-hybridized carbons (Fsp3) is 0.263. The molecule has 0 spiro atoms. The fourth-order valence-corrected chi connectivity index (χ4v) is 2.96. The molecule has 1 N–H and O–H groups in total. The lowest BCUT2D eigenvalue weighted by Gasteiger charge is -2.22. The highest BCUT2D eigenvalue weighted by Gasteiger charge is 2.25. The first-order chi connectivity index (χ1) is 13.5. The quantitative estimate of drug-likeness (QED) is 0.720. The largest absolute Gasteiger partial charge is 0.497 e. The monoisotopic (exact) mass is 381 g/mol. The van der Waals surface area contributed by atoms with E-state index in [9.17, 15) is 9.59 Å². The van der Waals surface area contributed by atoms with Crippen LogP contribution in [0.4, 0.5) is 0 Å². The van der Waals surface area contributed by atoms with Crippen molar-refractivity contribution < 1.29 is 18.8 Å². The molecule has 3 aromatic rings. The number of amides is 2. The van der Waals surface area contributed by atoms with Gasteiger partial charge in [-0.1, -0.05) is 5.16 Å². The molecule has 0 fully saturated rings. The standard InChI is InChI=1S/C19H19N5O4/c1-23-7-8-24-16(19(23)26)10-15(21-24)18(25)20-11-13-9-17(28-22-13)12-3-5-14(27-2)6-4-12/h3-6,9-10H,7-8,11H2,1-2H3,(H,20,25). The minimum Gasteiger partial charge on any atom is -0.497 e. The molecule has 4 rings (SSSR count). The Bertz CT molecular complexity index is 1020. The van der Waals surface area contributed by atoms with E-state index < -0.39 is 0 Å². The molecule has 0 aliphatic carbocycles. The van der Waals surface area contributed by atoms with E-state index in [2.05, 4.69) is 15.6 Å². The molecule has 28 heavy (non-hydrogen) atoms. The summed E-state index contributed by atoms with van der Waals surface area (Å²) in [6.45, 7) is 1.33. The third-order valence-electron chi connectivity index (χ3n) is 4.59. The Morgan fingerprint density at radius 1 is 1.25 bits per heavy atom. The van der Waals surface area contributed by atoms with Gasteiger partial charge in [-0.2, -0.15) is 5.10 Å². The smallest absolute Gasteiger partial charge is 0.272 e. The van der Waals surface area contributed by atoms with Crippen molar-refractivity contribution in [1.29, 1.82) is 0 Å². The number of hydrogen-bond acceptors (Lipinski definition) is 6. The van der Waals surface area contributed by atoms with E-state index in [4.69, 9.17) is 9.26 Å². The number of ether oxygens (including phenoxy) is 1. The first-order valence-corrected chi connectivity index (χ1v) is 8.76. The number of nitrogens with zero attached hydrogens (tertiary/aromatic N) is 4. The van der Waals surface area contributed by atoms with E-state index >= 15 is 0 Å². The van der Waals surface area contributed by atoms with Gasteiger partial charge < -0.3 is 19.5 Å². The summed E-state index contributed by atoms with van der Waals surface area (Å²) in [4.78, 5) is 26.1. The van der Waals surface area contributed by atoms with Gasteiger partial charge in [0.05, 0.1) is 20.2 Å². The molecule has 1 aliphatic rings. The van der Waals surface area contributed by atoms with Crippen molar-refractivity contribution >= 4 is 11.8 Å². The Kier molecular flexibility index (Phi) is 4.56. The van der Waals surface area contributed by atoms with Crippen molar-refractivity contribution in [3.63, 3.8) is 0 Å². The second-order valence-corrected chi connectivity index (χ2v) is 6.46. The lowest BCUT2D eigenvalue weighted by molar-refractivity contribution is 0.0742. The minimum absolute atomic E-state index is 0.140. The molecule has 2 aromatic heterocycles. The molecular formula is C19H19N5O4. The third kappa shape index (κ3) is 3.34. The third-order valence-corrected chi connectivity index (χ3v) is 4.59. The molecule has 0 saturated heterocycles. The van der Waals surface area contributed by atoms with Crippen LogP contribution in [-0.2, 0) is 13.1 Å². The van der Waals surface area contributed by atoms with Crippen LogP contribution in [0, 0.1) is 0 Å². The van der Waals surface area contributed by atoms with Crippen molar-refractivity contribution in [1.82, 2.24) is 25.2 Å². The maximum Gasteiger partial charge on any atom is 0.272 e. The van der Waals surface area contributed by atoms with E-state index in [-0.39, 0.29) is 24.1 Å². The van der Waals surface area contributed by atoms with E-state index in [1.54, 1.807) is 29.8 Å². The fourth-order valence-electron chi connectivity index (χ4n) is 2.96. The topological polar surface area (TPSA) is 102 Å². The van der Waals surface area contributed by atoms with Crippen LogP contribution in [0.15, 0.2) is 40.9 Å². The van der Waals surface area contributed by atoms with Gasteiger partial charge in [0.15, 0.2) is 11.5 Å². The Hall–Kier alpha value is -3.62. The highest BCUT2D eigenvalue weighted by molar-refractivity contribution is 5.98. The number of fused-ring (bicyclic) bond motifs is 1. The Morgan fingerprint density at radius 3 is 2.79 bits per heavy atom. The summed E-state index contributed by atoms with van der Waals surface area (Å²) >= 11 is 0. The Labute approximate surface area is 160 Å². The number of nitrogens with one attached hydrogen (secondary N) is 1. The number of methoxy groups -OCH3 is 1. The van der Waals surface area contributed by atoms with Gasteiger partial charge in [-0.05, 0) is 24.3 Å². The van der Waals surface area contributed by atoms with Crippen LogP contribution in [0.1, 0.15) is 26.7 Å². The molecule has 0 unspecified atom stereocenters. The molecule has 0 atom stereocenters. The number of likely N-dealkylation sites (N-methyl/N-ethyl adjacent to an activating group) is 1. The van der Waals surface area contributed by atoms with Gasteiger partial charge in [-0.3, -0.25) is 14.3 Å². The summed E-state index contributed by atoms with van der Waals surface area (Å²) in [7, 11) is 3.33. The predicted octanol–water partition coefficient (Wildman–Crippen LogP) is 1.56. The van der Waals surface area contributed by atoms with E-state index in [1.165, 1.54) is 6.07 Å². The maximum absolute atomic E-state index is 12.4. The number of carbonyl (C=O) groups excluding carboxylic acids is 2. The molecule has 9 nitrogen and oxygen atoms in total. The van der Waals surface area contributed by atoms with E-state index in [1.807, 2.05) is 24.3 Å². The summed E-state index contributed by atoms with van der Waals surface area (Å²) in [6.07, 6.45) is 0. The summed E-state index contributed by atoms with van der Waals surface area (Å²) in [5.41, 5.74) is 2.06. The highest BCUT2D eigenvalue weighted by atomic mass is 16.5. The van der Waals surface area contributed by atoms with Crippen molar-refractivity contribution in [2.45, 2.75) is 13.1 Å². The number of benzene rings is 1. The first-order valence-electron chi connectivity index (χ1n) is 8.76. The lowest BCUT2D eigenvalue weighted by Crippen LogP contribution is -2.37. The van der Waals surface area contributed by atoms with E-state index in [0.29, 0.717) is 30.2 Å².